The van der Waals surface area contributed by atoms with Crippen LogP contribution in [0.3, 0.4) is 0 Å². The molecule has 6 heteroatoms. The van der Waals surface area contributed by atoms with Gasteiger partial charge in [0.25, 0.3) is 0 Å². The van der Waals surface area contributed by atoms with Crippen molar-refractivity contribution in [2.24, 2.45) is 5.16 Å². The third kappa shape index (κ3) is 6.01. The molecule has 0 saturated heterocycles. The van der Waals surface area contributed by atoms with Crippen LogP contribution in [0.5, 0.6) is 11.5 Å². The zero-order valence-electron chi connectivity index (χ0n) is 20.5. The van der Waals surface area contributed by atoms with Gasteiger partial charge in [0.05, 0.1) is 32.4 Å². The van der Waals surface area contributed by atoms with Gasteiger partial charge in [-0.25, -0.2) is 0 Å². The third-order valence-electron chi connectivity index (χ3n) is 6.31. The van der Waals surface area contributed by atoms with Gasteiger partial charge in [0.2, 0.25) is 5.91 Å². The highest BCUT2D eigenvalue weighted by Gasteiger charge is 2.30. The maximum absolute atomic E-state index is 13.8. The topological polar surface area (TPSA) is 60.4 Å². The summed E-state index contributed by atoms with van der Waals surface area (Å²) in [5.41, 5.74) is 3.91. The maximum atomic E-state index is 13.8. The lowest BCUT2D eigenvalue weighted by atomic mass is 9.94. The van der Waals surface area contributed by atoms with Crippen molar-refractivity contribution in [3.63, 3.8) is 0 Å². The Labute approximate surface area is 207 Å². The Morgan fingerprint density at radius 3 is 2.43 bits per heavy atom. The number of benzene rings is 3. The van der Waals surface area contributed by atoms with Crippen LogP contribution in [0.2, 0.25) is 0 Å². The molecule has 1 amide bonds. The maximum Gasteiger partial charge on any atom is 0.230 e. The second kappa shape index (κ2) is 11.6. The largest absolute Gasteiger partial charge is 0.497 e. The number of ether oxygens (including phenoxy) is 2. The minimum absolute atomic E-state index is 0.0861. The van der Waals surface area contributed by atoms with Crippen molar-refractivity contribution in [1.82, 2.24) is 4.90 Å². The Morgan fingerprint density at radius 2 is 1.74 bits per heavy atom. The molecule has 6 nitrogen and oxygen atoms in total. The summed E-state index contributed by atoms with van der Waals surface area (Å²) in [6, 6.07) is 25.6. The SMILES string of the molecule is CCC(C(=O)N(Cc1cccc(OC)c1)CC1CC(c2ccc(OC)cc2)=NO1)c1ccccc1. The lowest BCUT2D eigenvalue weighted by Gasteiger charge is -2.29. The zero-order valence-corrected chi connectivity index (χ0v) is 20.5. The van der Waals surface area contributed by atoms with Crippen molar-refractivity contribution < 1.29 is 19.1 Å². The standard InChI is InChI=1S/C29H32N2O4/c1-4-27(22-10-6-5-7-11-22)29(32)31(19-21-9-8-12-25(17-21)34-3)20-26-18-28(30-35-26)23-13-15-24(33-2)16-14-23/h5-17,26-27H,4,18-20H2,1-3H3. The molecule has 0 aromatic heterocycles. The average Bonchev–Trinajstić information content (AvgIpc) is 3.38. The number of rotatable bonds is 10. The van der Waals surface area contributed by atoms with Crippen LogP contribution >= 0.6 is 0 Å². The zero-order chi connectivity index (χ0) is 24.6. The van der Waals surface area contributed by atoms with Crippen LogP contribution in [0, 0.1) is 0 Å². The second-order valence-corrected chi connectivity index (χ2v) is 8.64. The Kier molecular flexibility index (Phi) is 8.03. The first kappa shape index (κ1) is 24.3. The van der Waals surface area contributed by atoms with Gasteiger partial charge >= 0.3 is 0 Å². The van der Waals surface area contributed by atoms with Gasteiger partial charge in [0.15, 0.2) is 6.10 Å². The number of amides is 1. The summed E-state index contributed by atoms with van der Waals surface area (Å²) in [7, 11) is 3.29. The van der Waals surface area contributed by atoms with Crippen molar-refractivity contribution >= 4 is 11.6 Å². The summed E-state index contributed by atoms with van der Waals surface area (Å²) in [6.45, 7) is 2.97. The molecule has 3 aromatic carbocycles. The summed E-state index contributed by atoms with van der Waals surface area (Å²) in [5.74, 6) is 1.44. The highest BCUT2D eigenvalue weighted by Crippen LogP contribution is 2.26. The van der Waals surface area contributed by atoms with E-state index in [4.69, 9.17) is 14.3 Å². The molecule has 0 spiro atoms. The molecule has 182 valence electrons. The predicted molar refractivity (Wildman–Crippen MR) is 137 cm³/mol. The molecule has 1 heterocycles. The summed E-state index contributed by atoms with van der Waals surface area (Å²) in [6.07, 6.45) is 1.14. The normalized spacial score (nSPS) is 15.6. The fourth-order valence-corrected chi connectivity index (χ4v) is 4.41. The molecule has 2 atom stereocenters. The van der Waals surface area contributed by atoms with Gasteiger partial charge in [0.1, 0.15) is 11.5 Å². The second-order valence-electron chi connectivity index (χ2n) is 8.64. The summed E-state index contributed by atoms with van der Waals surface area (Å²) in [4.78, 5) is 21.5. The van der Waals surface area contributed by atoms with Crippen molar-refractivity contribution in [3.05, 3.63) is 95.6 Å². The number of oxime groups is 1. The Bertz CT molecular complexity index is 1140. The monoisotopic (exact) mass is 472 g/mol. The molecular formula is C29H32N2O4. The third-order valence-corrected chi connectivity index (χ3v) is 6.31. The van der Waals surface area contributed by atoms with E-state index >= 15 is 0 Å². The fraction of sp³-hybridized carbons (Fsp3) is 0.310. The van der Waals surface area contributed by atoms with Crippen LogP contribution in [0.4, 0.5) is 0 Å². The molecule has 2 unspecified atom stereocenters. The Morgan fingerprint density at radius 1 is 1.00 bits per heavy atom. The van der Waals surface area contributed by atoms with Crippen LogP contribution in [-0.2, 0) is 16.2 Å². The van der Waals surface area contributed by atoms with Crippen molar-refractivity contribution in [2.45, 2.75) is 38.3 Å². The number of methoxy groups -OCH3 is 2. The van der Waals surface area contributed by atoms with Crippen LogP contribution in [-0.4, -0.2) is 43.4 Å². The fourth-order valence-electron chi connectivity index (χ4n) is 4.41. The number of carbonyl (C=O) groups is 1. The highest BCUT2D eigenvalue weighted by atomic mass is 16.6. The predicted octanol–water partition coefficient (Wildman–Crippen LogP) is 5.42. The summed E-state index contributed by atoms with van der Waals surface area (Å²) < 4.78 is 10.6. The van der Waals surface area contributed by atoms with Gasteiger partial charge in [-0.1, -0.05) is 54.5 Å². The van der Waals surface area contributed by atoms with Gasteiger partial charge in [-0.15, -0.1) is 0 Å². The van der Waals surface area contributed by atoms with Crippen LogP contribution < -0.4 is 9.47 Å². The molecule has 35 heavy (non-hydrogen) atoms. The quantitative estimate of drug-likeness (QED) is 0.395. The molecule has 3 aromatic rings. The van der Waals surface area contributed by atoms with Crippen molar-refractivity contribution in [1.29, 1.82) is 0 Å². The minimum atomic E-state index is -0.217. The average molecular weight is 473 g/mol. The van der Waals surface area contributed by atoms with Gasteiger partial charge < -0.3 is 19.2 Å². The molecule has 0 saturated carbocycles. The summed E-state index contributed by atoms with van der Waals surface area (Å²) in [5, 5.41) is 4.33. The van der Waals surface area contributed by atoms with E-state index < -0.39 is 0 Å². The molecule has 0 fully saturated rings. The van der Waals surface area contributed by atoms with E-state index in [1.165, 1.54) is 0 Å². The lowest BCUT2D eigenvalue weighted by molar-refractivity contribution is -0.135. The van der Waals surface area contributed by atoms with E-state index in [1.54, 1.807) is 14.2 Å². The first-order valence-electron chi connectivity index (χ1n) is 11.9. The summed E-state index contributed by atoms with van der Waals surface area (Å²) >= 11 is 0. The van der Waals surface area contributed by atoms with E-state index in [9.17, 15) is 4.79 Å². The van der Waals surface area contributed by atoms with Crippen LogP contribution in [0.25, 0.3) is 0 Å². The van der Waals surface area contributed by atoms with Gasteiger partial charge in [-0.3, -0.25) is 4.79 Å². The van der Waals surface area contributed by atoms with Crippen molar-refractivity contribution in [3.8, 4) is 11.5 Å². The van der Waals surface area contributed by atoms with Crippen LogP contribution in [0.1, 0.15) is 42.4 Å². The highest BCUT2D eigenvalue weighted by molar-refractivity contribution is 6.01. The Hall–Kier alpha value is -3.80. The minimum Gasteiger partial charge on any atom is -0.497 e. The molecule has 4 rings (SSSR count). The lowest BCUT2D eigenvalue weighted by Crippen LogP contribution is -2.40. The van der Waals surface area contributed by atoms with Crippen molar-refractivity contribution in [2.75, 3.05) is 20.8 Å². The first-order valence-corrected chi connectivity index (χ1v) is 11.9. The molecular weight excluding hydrogens is 440 g/mol. The van der Waals surface area contributed by atoms with Gasteiger partial charge in [-0.2, -0.15) is 0 Å². The molecule has 0 aliphatic carbocycles. The number of nitrogens with zero attached hydrogens (tertiary/aromatic N) is 2. The number of hydrogen-bond acceptors (Lipinski definition) is 5. The van der Waals surface area contributed by atoms with E-state index in [0.717, 1.165) is 40.3 Å². The van der Waals surface area contributed by atoms with Crippen LogP contribution in [0.15, 0.2) is 84.0 Å². The van der Waals surface area contributed by atoms with Gasteiger partial charge in [-0.05, 0) is 59.5 Å². The molecule has 1 aliphatic heterocycles. The Balaban J connectivity index is 1.52. The molecule has 1 aliphatic rings. The smallest absolute Gasteiger partial charge is 0.230 e. The van der Waals surface area contributed by atoms with E-state index in [0.29, 0.717) is 19.5 Å². The van der Waals surface area contributed by atoms with E-state index in [1.807, 2.05) is 83.8 Å². The number of carbonyl (C=O) groups excluding carboxylic acids is 1. The molecule has 0 bridgehead atoms. The van der Waals surface area contributed by atoms with Gasteiger partial charge in [0, 0.05) is 13.0 Å². The first-order chi connectivity index (χ1) is 17.1. The molecule has 0 N–H and O–H groups in total. The van der Waals surface area contributed by atoms with E-state index in [2.05, 4.69) is 12.1 Å². The van der Waals surface area contributed by atoms with E-state index in [-0.39, 0.29) is 17.9 Å². The number of hydrogen-bond donors (Lipinski definition) is 0. The molecule has 0 radical (unpaired) electrons.